The van der Waals surface area contributed by atoms with Crippen molar-refractivity contribution in [2.75, 3.05) is 13.2 Å². The molecule has 0 aromatic carbocycles. The highest BCUT2D eigenvalue weighted by Gasteiger charge is 2.20. The van der Waals surface area contributed by atoms with Gasteiger partial charge in [-0.25, -0.2) is 0 Å². The van der Waals surface area contributed by atoms with Gasteiger partial charge in [-0.05, 0) is 20.3 Å². The van der Waals surface area contributed by atoms with Crippen LogP contribution in [-0.2, 0) is 8.85 Å². The molecule has 2 nitrogen and oxygen atoms in total. The normalized spacial score (nSPS) is 13.9. The van der Waals surface area contributed by atoms with Gasteiger partial charge in [-0.1, -0.05) is 22.9 Å². The minimum absolute atomic E-state index is 0.447. The fourth-order valence-electron chi connectivity index (χ4n) is 0.778. The Morgan fingerprint density at radius 3 is 1.91 bits per heavy atom. The molecule has 0 saturated heterocycles. The van der Waals surface area contributed by atoms with Crippen LogP contribution in [0, 0.1) is 0 Å². The molecule has 0 bridgehead atoms. The van der Waals surface area contributed by atoms with Crippen LogP contribution in [0.3, 0.4) is 0 Å². The highest BCUT2D eigenvalue weighted by molar-refractivity contribution is 9.10. The van der Waals surface area contributed by atoms with Crippen LogP contribution in [-0.4, -0.2) is 26.9 Å². The molecule has 0 rings (SSSR count). The van der Waals surface area contributed by atoms with Crippen molar-refractivity contribution in [1.29, 1.82) is 0 Å². The largest absolute Gasteiger partial charge is 0.396 e. The van der Waals surface area contributed by atoms with Crippen molar-refractivity contribution in [2.45, 2.75) is 31.6 Å². The van der Waals surface area contributed by atoms with Crippen LogP contribution in [0.5, 0.6) is 0 Å². The molecule has 11 heavy (non-hydrogen) atoms. The van der Waals surface area contributed by atoms with E-state index in [2.05, 4.69) is 22.9 Å². The van der Waals surface area contributed by atoms with Gasteiger partial charge in [0.05, 0.1) is 4.45 Å². The SMILES string of the molecule is CCO[SiH](OCC)C(Br)CC. The van der Waals surface area contributed by atoms with Gasteiger partial charge in [0.1, 0.15) is 0 Å². The molecule has 0 aromatic heterocycles. The Bertz CT molecular complexity index is 86.5. The van der Waals surface area contributed by atoms with E-state index in [0.717, 1.165) is 19.6 Å². The quantitative estimate of drug-likeness (QED) is 0.523. The molecule has 0 aliphatic heterocycles. The van der Waals surface area contributed by atoms with E-state index in [-0.39, 0.29) is 0 Å². The minimum atomic E-state index is -1.41. The lowest BCUT2D eigenvalue weighted by atomic mass is 10.6. The van der Waals surface area contributed by atoms with E-state index < -0.39 is 9.28 Å². The van der Waals surface area contributed by atoms with Gasteiger partial charge in [0.25, 0.3) is 0 Å². The van der Waals surface area contributed by atoms with Crippen molar-refractivity contribution < 1.29 is 8.85 Å². The van der Waals surface area contributed by atoms with E-state index in [9.17, 15) is 0 Å². The lowest BCUT2D eigenvalue weighted by Gasteiger charge is -2.18. The molecule has 0 aliphatic rings. The molecule has 0 radical (unpaired) electrons. The lowest BCUT2D eigenvalue weighted by molar-refractivity contribution is 0.212. The number of hydrogen-bond acceptors (Lipinski definition) is 2. The highest BCUT2D eigenvalue weighted by Crippen LogP contribution is 2.10. The van der Waals surface area contributed by atoms with Gasteiger partial charge in [0.15, 0.2) is 0 Å². The topological polar surface area (TPSA) is 18.5 Å². The van der Waals surface area contributed by atoms with Crippen LogP contribution >= 0.6 is 15.9 Å². The first-order valence-electron chi connectivity index (χ1n) is 4.13. The first kappa shape index (κ1) is 11.6. The minimum Gasteiger partial charge on any atom is -0.396 e. The molecule has 1 unspecified atom stereocenters. The van der Waals surface area contributed by atoms with Crippen molar-refractivity contribution >= 4 is 25.2 Å². The summed E-state index contributed by atoms with van der Waals surface area (Å²) in [5.74, 6) is 0. The van der Waals surface area contributed by atoms with Crippen molar-refractivity contribution in [3.63, 3.8) is 0 Å². The van der Waals surface area contributed by atoms with Gasteiger partial charge < -0.3 is 8.85 Å². The van der Waals surface area contributed by atoms with E-state index in [1.54, 1.807) is 0 Å². The summed E-state index contributed by atoms with van der Waals surface area (Å²) in [6.45, 7) is 7.68. The van der Waals surface area contributed by atoms with Crippen LogP contribution < -0.4 is 0 Å². The zero-order chi connectivity index (χ0) is 8.69. The zero-order valence-corrected chi connectivity index (χ0v) is 10.2. The van der Waals surface area contributed by atoms with Crippen molar-refractivity contribution in [1.82, 2.24) is 0 Å². The molecule has 4 heteroatoms. The van der Waals surface area contributed by atoms with Crippen LogP contribution in [0.15, 0.2) is 0 Å². The predicted molar refractivity (Wildman–Crippen MR) is 53.4 cm³/mol. The molecular weight excluding hydrogens is 224 g/mol. The van der Waals surface area contributed by atoms with Gasteiger partial charge in [-0.2, -0.15) is 0 Å². The van der Waals surface area contributed by atoms with Crippen molar-refractivity contribution in [3.8, 4) is 0 Å². The summed E-state index contributed by atoms with van der Waals surface area (Å²) < 4.78 is 11.5. The maximum atomic E-state index is 5.50. The Kier molecular flexibility index (Phi) is 7.68. The monoisotopic (exact) mass is 240 g/mol. The molecule has 0 aromatic rings. The van der Waals surface area contributed by atoms with Crippen molar-refractivity contribution in [2.24, 2.45) is 0 Å². The molecule has 68 valence electrons. The van der Waals surface area contributed by atoms with Crippen molar-refractivity contribution in [3.05, 3.63) is 0 Å². The number of alkyl halides is 1. The molecular formula is C7H17BrO2Si. The summed E-state index contributed by atoms with van der Waals surface area (Å²) in [6, 6.07) is 0. The standard InChI is InChI=1S/C7H17BrO2Si/c1-4-7(8)11(9-5-2)10-6-3/h7,11H,4-6H2,1-3H3. The summed E-state index contributed by atoms with van der Waals surface area (Å²) in [6.07, 6.45) is 1.08. The van der Waals surface area contributed by atoms with Gasteiger partial charge in [0.2, 0.25) is 0 Å². The third-order valence-corrected chi connectivity index (χ3v) is 5.68. The Hall–Kier alpha value is 0.617. The second-order valence-corrected chi connectivity index (χ2v) is 6.56. The molecule has 0 heterocycles. The van der Waals surface area contributed by atoms with Gasteiger partial charge >= 0.3 is 9.28 Å². The summed E-state index contributed by atoms with van der Waals surface area (Å²) in [5.41, 5.74) is 0. The summed E-state index contributed by atoms with van der Waals surface area (Å²) in [4.78, 5) is 0. The molecule has 0 saturated carbocycles. The molecule has 0 fully saturated rings. The second kappa shape index (κ2) is 7.28. The summed E-state index contributed by atoms with van der Waals surface area (Å²) >= 11 is 3.56. The Morgan fingerprint density at radius 2 is 1.64 bits per heavy atom. The van der Waals surface area contributed by atoms with E-state index in [4.69, 9.17) is 8.85 Å². The first-order valence-corrected chi connectivity index (χ1v) is 6.66. The molecule has 0 spiro atoms. The van der Waals surface area contributed by atoms with Crippen LogP contribution in [0.25, 0.3) is 0 Å². The van der Waals surface area contributed by atoms with E-state index in [1.807, 2.05) is 13.8 Å². The maximum absolute atomic E-state index is 5.50. The van der Waals surface area contributed by atoms with Gasteiger partial charge in [-0.3, -0.25) is 0 Å². The summed E-state index contributed by atoms with van der Waals surface area (Å²) in [5, 5.41) is 0. The lowest BCUT2D eigenvalue weighted by Crippen LogP contribution is -2.33. The Labute approximate surface area is 79.2 Å². The third kappa shape index (κ3) is 4.95. The second-order valence-electron chi connectivity index (χ2n) is 2.20. The van der Waals surface area contributed by atoms with Crippen LogP contribution in [0.2, 0.25) is 0 Å². The average Bonchev–Trinajstić information content (AvgIpc) is 2.03. The Morgan fingerprint density at radius 1 is 1.18 bits per heavy atom. The summed E-state index contributed by atoms with van der Waals surface area (Å²) in [7, 11) is -1.41. The van der Waals surface area contributed by atoms with E-state index in [0.29, 0.717) is 4.45 Å². The van der Waals surface area contributed by atoms with Gasteiger partial charge in [-0.15, -0.1) is 0 Å². The number of hydrogen-bond donors (Lipinski definition) is 0. The average molecular weight is 241 g/mol. The van der Waals surface area contributed by atoms with E-state index in [1.165, 1.54) is 0 Å². The van der Waals surface area contributed by atoms with E-state index >= 15 is 0 Å². The molecule has 0 aliphatic carbocycles. The predicted octanol–water partition coefficient (Wildman–Crippen LogP) is 1.99. The zero-order valence-electron chi connectivity index (χ0n) is 7.47. The highest BCUT2D eigenvalue weighted by atomic mass is 79.9. The third-order valence-electron chi connectivity index (χ3n) is 1.35. The van der Waals surface area contributed by atoms with Gasteiger partial charge in [0, 0.05) is 13.2 Å². The maximum Gasteiger partial charge on any atom is 0.335 e. The van der Waals surface area contributed by atoms with Crippen LogP contribution in [0.4, 0.5) is 0 Å². The molecule has 1 atom stereocenters. The van der Waals surface area contributed by atoms with Crippen LogP contribution in [0.1, 0.15) is 27.2 Å². The fourth-order valence-corrected chi connectivity index (χ4v) is 3.25. The Balaban J connectivity index is 3.66. The number of halogens is 1. The number of rotatable bonds is 6. The molecule has 0 amide bonds. The first-order chi connectivity index (χ1) is 5.26. The smallest absolute Gasteiger partial charge is 0.335 e. The fraction of sp³-hybridized carbons (Fsp3) is 1.00. The molecule has 0 N–H and O–H groups in total.